The van der Waals surface area contributed by atoms with Crippen LogP contribution in [0.4, 0.5) is 5.69 Å². The molecule has 19 heavy (non-hydrogen) atoms. The van der Waals surface area contributed by atoms with E-state index in [1.54, 1.807) is 18.3 Å². The summed E-state index contributed by atoms with van der Waals surface area (Å²) < 4.78 is 0. The van der Waals surface area contributed by atoms with Crippen LogP contribution in [-0.2, 0) is 11.2 Å². The van der Waals surface area contributed by atoms with Crippen LogP contribution in [0, 0.1) is 0 Å². The summed E-state index contributed by atoms with van der Waals surface area (Å²) in [5, 5.41) is 3.10. The van der Waals surface area contributed by atoms with Crippen molar-refractivity contribution in [2.75, 3.05) is 19.3 Å². The molecule has 1 aliphatic rings. The highest BCUT2D eigenvalue weighted by atomic mass is 16.1. The van der Waals surface area contributed by atoms with Crippen molar-refractivity contribution in [2.45, 2.75) is 38.3 Å². The summed E-state index contributed by atoms with van der Waals surface area (Å²) >= 11 is 0. The summed E-state index contributed by atoms with van der Waals surface area (Å²) in [4.78, 5) is 18.4. The lowest BCUT2D eigenvalue weighted by Gasteiger charge is -2.35. The van der Waals surface area contributed by atoms with Gasteiger partial charge >= 0.3 is 0 Å². The van der Waals surface area contributed by atoms with Crippen molar-refractivity contribution in [1.29, 1.82) is 0 Å². The van der Waals surface area contributed by atoms with Crippen LogP contribution in [-0.4, -0.2) is 41.5 Å². The number of carbonyl (C=O) groups excluding carboxylic acids is 1. The monoisotopic (exact) mass is 262 g/mol. The molecule has 1 fully saturated rings. The highest BCUT2D eigenvalue weighted by Gasteiger charge is 2.23. The van der Waals surface area contributed by atoms with Crippen molar-refractivity contribution in [3.8, 4) is 0 Å². The fourth-order valence-electron chi connectivity index (χ4n) is 2.40. The van der Waals surface area contributed by atoms with E-state index >= 15 is 0 Å². The third kappa shape index (κ3) is 3.92. The number of aromatic nitrogens is 1. The van der Waals surface area contributed by atoms with Crippen molar-refractivity contribution >= 4 is 11.6 Å². The van der Waals surface area contributed by atoms with Gasteiger partial charge in [-0.2, -0.15) is 0 Å². The molecule has 0 radical (unpaired) electrons. The van der Waals surface area contributed by atoms with Crippen molar-refractivity contribution in [3.63, 3.8) is 0 Å². The fraction of sp³-hybridized carbons (Fsp3) is 0.571. The Morgan fingerprint density at radius 2 is 2.37 bits per heavy atom. The van der Waals surface area contributed by atoms with Gasteiger partial charge in [0.1, 0.15) is 0 Å². The van der Waals surface area contributed by atoms with Gasteiger partial charge in [-0.25, -0.2) is 0 Å². The second-order valence-corrected chi connectivity index (χ2v) is 5.38. The normalized spacial score (nSPS) is 24.1. The van der Waals surface area contributed by atoms with E-state index in [1.165, 1.54) is 0 Å². The van der Waals surface area contributed by atoms with Crippen LogP contribution in [0.3, 0.4) is 0 Å². The summed E-state index contributed by atoms with van der Waals surface area (Å²) in [6, 6.07) is 4.38. The maximum absolute atomic E-state index is 12.0. The molecule has 1 aromatic heterocycles. The molecule has 5 nitrogen and oxygen atoms in total. The minimum Gasteiger partial charge on any atom is -0.397 e. The molecule has 1 amide bonds. The second kappa shape index (κ2) is 6.02. The maximum atomic E-state index is 12.0. The van der Waals surface area contributed by atoms with E-state index in [0.717, 1.165) is 25.1 Å². The molecule has 0 saturated carbocycles. The number of likely N-dealkylation sites (tertiary alicyclic amines) is 1. The molecule has 0 aliphatic carbocycles. The number of amides is 1. The van der Waals surface area contributed by atoms with Gasteiger partial charge in [-0.1, -0.05) is 0 Å². The molecular weight excluding hydrogens is 240 g/mol. The van der Waals surface area contributed by atoms with E-state index in [4.69, 9.17) is 5.73 Å². The molecule has 5 heteroatoms. The lowest BCUT2D eigenvalue weighted by Crippen LogP contribution is -2.47. The van der Waals surface area contributed by atoms with Crippen LogP contribution in [0.1, 0.15) is 25.5 Å². The number of pyridine rings is 1. The Hall–Kier alpha value is -1.62. The number of nitrogens with zero attached hydrogens (tertiary/aromatic N) is 2. The molecule has 1 aliphatic heterocycles. The largest absolute Gasteiger partial charge is 0.397 e. The average Bonchev–Trinajstić information content (AvgIpc) is 2.37. The molecule has 2 rings (SSSR count). The van der Waals surface area contributed by atoms with Gasteiger partial charge in [0.25, 0.3) is 0 Å². The van der Waals surface area contributed by atoms with Gasteiger partial charge in [0, 0.05) is 24.3 Å². The maximum Gasteiger partial charge on any atom is 0.226 e. The zero-order valence-corrected chi connectivity index (χ0v) is 11.6. The smallest absolute Gasteiger partial charge is 0.226 e. The van der Waals surface area contributed by atoms with Gasteiger partial charge in [0.2, 0.25) is 5.91 Å². The number of nitrogen functional groups attached to an aromatic ring is 1. The molecule has 0 bridgehead atoms. The number of rotatable bonds is 3. The van der Waals surface area contributed by atoms with Gasteiger partial charge in [-0.3, -0.25) is 9.78 Å². The van der Waals surface area contributed by atoms with Crippen LogP contribution in [0.15, 0.2) is 18.3 Å². The molecule has 2 atom stereocenters. The molecular formula is C14H22N4O. The molecule has 2 heterocycles. The van der Waals surface area contributed by atoms with Crippen molar-refractivity contribution in [2.24, 2.45) is 0 Å². The Morgan fingerprint density at radius 3 is 3.00 bits per heavy atom. The third-order valence-electron chi connectivity index (χ3n) is 3.76. The van der Waals surface area contributed by atoms with Crippen molar-refractivity contribution < 1.29 is 4.79 Å². The summed E-state index contributed by atoms with van der Waals surface area (Å²) in [6.07, 6.45) is 3.93. The first-order valence-electron chi connectivity index (χ1n) is 6.74. The van der Waals surface area contributed by atoms with Crippen LogP contribution in [0.2, 0.25) is 0 Å². The van der Waals surface area contributed by atoms with Gasteiger partial charge in [-0.05, 0) is 38.9 Å². The van der Waals surface area contributed by atoms with Crippen LogP contribution in [0.25, 0.3) is 0 Å². The van der Waals surface area contributed by atoms with Gasteiger partial charge in [0.15, 0.2) is 0 Å². The number of carbonyl (C=O) groups is 1. The van der Waals surface area contributed by atoms with E-state index in [1.807, 2.05) is 0 Å². The Labute approximate surface area is 114 Å². The third-order valence-corrected chi connectivity index (χ3v) is 3.76. The number of piperidine rings is 1. The van der Waals surface area contributed by atoms with Crippen LogP contribution < -0.4 is 11.1 Å². The zero-order valence-electron chi connectivity index (χ0n) is 11.6. The predicted octanol–water partition coefficient (Wildman–Crippen LogP) is 0.805. The summed E-state index contributed by atoms with van der Waals surface area (Å²) in [5.41, 5.74) is 6.94. The zero-order chi connectivity index (χ0) is 13.8. The molecule has 1 saturated heterocycles. The van der Waals surface area contributed by atoms with E-state index in [2.05, 4.69) is 29.2 Å². The van der Waals surface area contributed by atoms with E-state index in [9.17, 15) is 4.79 Å². The number of nitrogens with two attached hydrogens (primary N) is 1. The Morgan fingerprint density at radius 1 is 1.58 bits per heavy atom. The lowest BCUT2D eigenvalue weighted by molar-refractivity contribution is -0.121. The quantitative estimate of drug-likeness (QED) is 0.845. The Balaban J connectivity index is 1.83. The first kappa shape index (κ1) is 13.8. The van der Waals surface area contributed by atoms with E-state index < -0.39 is 0 Å². The van der Waals surface area contributed by atoms with E-state index in [-0.39, 0.29) is 11.9 Å². The molecule has 0 aromatic carbocycles. The van der Waals surface area contributed by atoms with Gasteiger partial charge < -0.3 is 16.0 Å². The predicted molar refractivity (Wildman–Crippen MR) is 75.6 cm³/mol. The SMILES string of the molecule is CC1CC(NC(=O)Cc2ccc(N)cn2)CCN1C. The number of nitrogens with one attached hydrogen (secondary N) is 1. The molecule has 0 spiro atoms. The minimum absolute atomic E-state index is 0.0408. The summed E-state index contributed by atoms with van der Waals surface area (Å²) in [7, 11) is 2.13. The highest BCUT2D eigenvalue weighted by Crippen LogP contribution is 2.15. The standard InChI is InChI=1S/C14H22N4O/c1-10-7-13(5-6-18(10)2)17-14(19)8-12-4-3-11(15)9-16-12/h3-4,9-10,13H,5-8,15H2,1-2H3,(H,17,19). The Kier molecular flexibility index (Phi) is 4.37. The topological polar surface area (TPSA) is 71.2 Å². The van der Waals surface area contributed by atoms with Gasteiger partial charge in [0.05, 0.1) is 18.3 Å². The number of hydrogen-bond donors (Lipinski definition) is 2. The molecule has 3 N–H and O–H groups in total. The average molecular weight is 262 g/mol. The van der Waals surface area contributed by atoms with Crippen molar-refractivity contribution in [3.05, 3.63) is 24.0 Å². The van der Waals surface area contributed by atoms with Crippen molar-refractivity contribution in [1.82, 2.24) is 15.2 Å². The minimum atomic E-state index is 0.0408. The highest BCUT2D eigenvalue weighted by molar-refractivity contribution is 5.78. The Bertz CT molecular complexity index is 432. The van der Waals surface area contributed by atoms with Gasteiger partial charge in [-0.15, -0.1) is 0 Å². The first-order chi connectivity index (χ1) is 9.04. The fourth-order valence-corrected chi connectivity index (χ4v) is 2.40. The molecule has 104 valence electrons. The van der Waals surface area contributed by atoms with Crippen LogP contribution >= 0.6 is 0 Å². The van der Waals surface area contributed by atoms with E-state index in [0.29, 0.717) is 18.2 Å². The van der Waals surface area contributed by atoms with Crippen LogP contribution in [0.5, 0.6) is 0 Å². The first-order valence-corrected chi connectivity index (χ1v) is 6.74. The summed E-state index contributed by atoms with van der Waals surface area (Å²) in [6.45, 7) is 3.23. The molecule has 2 unspecified atom stereocenters. The molecule has 1 aromatic rings. The number of anilines is 1. The summed E-state index contributed by atoms with van der Waals surface area (Å²) in [5.74, 6) is 0.0408. The number of hydrogen-bond acceptors (Lipinski definition) is 4. The lowest BCUT2D eigenvalue weighted by atomic mass is 9.99. The second-order valence-electron chi connectivity index (χ2n) is 5.38.